The number of alkyl halides is 1. The Morgan fingerprint density at radius 2 is 1.58 bits per heavy atom. The number of rotatable bonds is 2. The molecule has 0 bridgehead atoms. The second-order valence-electron chi connectivity index (χ2n) is 4.60. The minimum absolute atomic E-state index is 0.0200. The number of piperazine rings is 1. The molecule has 0 spiro atoms. The third kappa shape index (κ3) is 3.26. The zero-order valence-electron chi connectivity index (χ0n) is 10.9. The molecule has 1 fully saturated rings. The Hall–Kier alpha value is -1.55. The summed E-state index contributed by atoms with van der Waals surface area (Å²) in [7, 11) is 0. The summed E-state index contributed by atoms with van der Waals surface area (Å²) in [6, 6.07) is 9.20. The quantitative estimate of drug-likeness (QED) is 0.772. The summed E-state index contributed by atoms with van der Waals surface area (Å²) in [5.41, 5.74) is 0.688. The van der Waals surface area contributed by atoms with Gasteiger partial charge in [0.2, 0.25) is 5.91 Å². The van der Waals surface area contributed by atoms with E-state index in [9.17, 15) is 9.59 Å². The maximum Gasteiger partial charge on any atom is 0.253 e. The number of nitrogens with zero attached hydrogens (tertiary/aromatic N) is 2. The highest BCUT2D eigenvalue weighted by Crippen LogP contribution is 2.10. The molecule has 2 rings (SSSR count). The van der Waals surface area contributed by atoms with Gasteiger partial charge >= 0.3 is 0 Å². The zero-order valence-corrected chi connectivity index (χ0v) is 11.6. The van der Waals surface area contributed by atoms with Gasteiger partial charge in [0, 0.05) is 31.7 Å². The van der Waals surface area contributed by atoms with E-state index in [1.54, 1.807) is 28.9 Å². The SMILES string of the molecule is CC(Cl)C(=O)N1CCN(C(=O)c2ccccc2)CC1. The number of carbonyl (C=O) groups is 2. The normalized spacial score (nSPS) is 17.2. The Balaban J connectivity index is 1.94. The highest BCUT2D eigenvalue weighted by atomic mass is 35.5. The molecule has 19 heavy (non-hydrogen) atoms. The summed E-state index contributed by atoms with van der Waals surface area (Å²) in [6.45, 7) is 3.89. The molecule has 0 N–H and O–H groups in total. The maximum atomic E-state index is 12.2. The van der Waals surface area contributed by atoms with Crippen molar-refractivity contribution in [3.63, 3.8) is 0 Å². The van der Waals surface area contributed by atoms with E-state index in [0.717, 1.165) is 0 Å². The predicted molar refractivity (Wildman–Crippen MR) is 74.2 cm³/mol. The van der Waals surface area contributed by atoms with E-state index in [-0.39, 0.29) is 11.8 Å². The van der Waals surface area contributed by atoms with Gasteiger partial charge in [0.15, 0.2) is 0 Å². The lowest BCUT2D eigenvalue weighted by molar-refractivity contribution is -0.131. The second kappa shape index (κ2) is 6.06. The first-order valence-electron chi connectivity index (χ1n) is 6.37. The van der Waals surface area contributed by atoms with E-state index >= 15 is 0 Å². The summed E-state index contributed by atoms with van der Waals surface area (Å²) in [5.74, 6) is -0.0416. The molecule has 0 radical (unpaired) electrons. The van der Waals surface area contributed by atoms with Gasteiger partial charge in [-0.15, -0.1) is 11.6 Å². The van der Waals surface area contributed by atoms with Crippen molar-refractivity contribution in [1.29, 1.82) is 0 Å². The van der Waals surface area contributed by atoms with E-state index in [0.29, 0.717) is 31.7 Å². The van der Waals surface area contributed by atoms with Crippen LogP contribution in [-0.4, -0.2) is 53.2 Å². The van der Waals surface area contributed by atoms with E-state index in [4.69, 9.17) is 11.6 Å². The number of hydrogen-bond donors (Lipinski definition) is 0. The molecule has 102 valence electrons. The minimum atomic E-state index is -0.503. The van der Waals surface area contributed by atoms with Crippen molar-refractivity contribution in [2.75, 3.05) is 26.2 Å². The van der Waals surface area contributed by atoms with Crippen LogP contribution in [0.3, 0.4) is 0 Å². The van der Waals surface area contributed by atoms with Crippen LogP contribution in [0.25, 0.3) is 0 Å². The van der Waals surface area contributed by atoms with Gasteiger partial charge in [-0.25, -0.2) is 0 Å². The van der Waals surface area contributed by atoms with Crippen molar-refractivity contribution in [2.24, 2.45) is 0 Å². The third-order valence-corrected chi connectivity index (χ3v) is 3.43. The molecule has 1 aliphatic heterocycles. The second-order valence-corrected chi connectivity index (χ2v) is 5.25. The highest BCUT2D eigenvalue weighted by molar-refractivity contribution is 6.30. The summed E-state index contributed by atoms with van der Waals surface area (Å²) in [4.78, 5) is 27.4. The number of amides is 2. The summed E-state index contributed by atoms with van der Waals surface area (Å²) < 4.78 is 0. The lowest BCUT2D eigenvalue weighted by atomic mass is 10.2. The standard InChI is InChI=1S/C14H17ClN2O2/c1-11(15)13(18)16-7-9-17(10-8-16)14(19)12-5-3-2-4-6-12/h2-6,11H,7-10H2,1H3. The summed E-state index contributed by atoms with van der Waals surface area (Å²) in [6.07, 6.45) is 0. The molecular weight excluding hydrogens is 264 g/mol. The van der Waals surface area contributed by atoms with Gasteiger partial charge in [0.25, 0.3) is 5.91 Å². The van der Waals surface area contributed by atoms with Crippen molar-refractivity contribution in [3.05, 3.63) is 35.9 Å². The average molecular weight is 281 g/mol. The molecule has 1 heterocycles. The van der Waals surface area contributed by atoms with Crippen LogP contribution in [0.15, 0.2) is 30.3 Å². The van der Waals surface area contributed by atoms with Crippen LogP contribution in [0.2, 0.25) is 0 Å². The van der Waals surface area contributed by atoms with Gasteiger partial charge in [-0.05, 0) is 19.1 Å². The predicted octanol–water partition coefficient (Wildman–Crippen LogP) is 1.60. The number of hydrogen-bond acceptors (Lipinski definition) is 2. The molecule has 4 nitrogen and oxygen atoms in total. The molecule has 0 aromatic heterocycles. The Bertz CT molecular complexity index is 454. The molecule has 1 aromatic rings. The van der Waals surface area contributed by atoms with Crippen LogP contribution in [-0.2, 0) is 4.79 Å². The molecule has 2 amide bonds. The van der Waals surface area contributed by atoms with Crippen molar-refractivity contribution >= 4 is 23.4 Å². The molecule has 5 heteroatoms. The number of halogens is 1. The van der Waals surface area contributed by atoms with E-state index in [2.05, 4.69) is 0 Å². The van der Waals surface area contributed by atoms with Gasteiger partial charge < -0.3 is 9.80 Å². The van der Waals surface area contributed by atoms with E-state index in [1.807, 2.05) is 18.2 Å². The molecule has 1 saturated heterocycles. The van der Waals surface area contributed by atoms with Crippen molar-refractivity contribution in [3.8, 4) is 0 Å². The van der Waals surface area contributed by atoms with Crippen molar-refractivity contribution in [1.82, 2.24) is 9.80 Å². The van der Waals surface area contributed by atoms with Crippen molar-refractivity contribution < 1.29 is 9.59 Å². The van der Waals surface area contributed by atoms with E-state index < -0.39 is 5.38 Å². The molecule has 1 aromatic carbocycles. The fraction of sp³-hybridized carbons (Fsp3) is 0.429. The topological polar surface area (TPSA) is 40.6 Å². The fourth-order valence-electron chi connectivity index (χ4n) is 2.14. The van der Waals surface area contributed by atoms with Crippen LogP contribution >= 0.6 is 11.6 Å². The van der Waals surface area contributed by atoms with Crippen LogP contribution in [0.1, 0.15) is 17.3 Å². The lowest BCUT2D eigenvalue weighted by Crippen LogP contribution is -2.52. The molecule has 1 unspecified atom stereocenters. The monoisotopic (exact) mass is 280 g/mol. The molecule has 0 saturated carbocycles. The molecule has 1 aliphatic rings. The Morgan fingerprint density at radius 3 is 2.11 bits per heavy atom. The molecular formula is C14H17ClN2O2. The minimum Gasteiger partial charge on any atom is -0.338 e. The van der Waals surface area contributed by atoms with E-state index in [1.165, 1.54) is 0 Å². The van der Waals surface area contributed by atoms with Gasteiger partial charge in [-0.1, -0.05) is 18.2 Å². The highest BCUT2D eigenvalue weighted by Gasteiger charge is 2.26. The van der Waals surface area contributed by atoms with Gasteiger partial charge in [0.05, 0.1) is 0 Å². The average Bonchev–Trinajstić information content (AvgIpc) is 2.46. The van der Waals surface area contributed by atoms with Crippen LogP contribution in [0.5, 0.6) is 0 Å². The number of carbonyl (C=O) groups excluding carboxylic acids is 2. The molecule has 0 aliphatic carbocycles. The Labute approximate surface area is 117 Å². The smallest absolute Gasteiger partial charge is 0.253 e. The largest absolute Gasteiger partial charge is 0.338 e. The first-order chi connectivity index (χ1) is 9.09. The van der Waals surface area contributed by atoms with Crippen LogP contribution in [0.4, 0.5) is 0 Å². The van der Waals surface area contributed by atoms with Gasteiger partial charge in [-0.2, -0.15) is 0 Å². The fourth-order valence-corrected chi connectivity index (χ4v) is 2.28. The summed E-state index contributed by atoms with van der Waals surface area (Å²) >= 11 is 5.78. The first kappa shape index (κ1) is 13.9. The third-order valence-electron chi connectivity index (χ3n) is 3.24. The van der Waals surface area contributed by atoms with Crippen LogP contribution in [0, 0.1) is 0 Å². The molecule has 1 atom stereocenters. The number of benzene rings is 1. The maximum absolute atomic E-state index is 12.2. The Kier molecular flexibility index (Phi) is 4.43. The van der Waals surface area contributed by atoms with Gasteiger partial charge in [-0.3, -0.25) is 9.59 Å². The summed E-state index contributed by atoms with van der Waals surface area (Å²) in [5, 5.41) is -0.503. The van der Waals surface area contributed by atoms with Crippen LogP contribution < -0.4 is 0 Å². The Morgan fingerprint density at radius 1 is 1.05 bits per heavy atom. The zero-order chi connectivity index (χ0) is 13.8. The van der Waals surface area contributed by atoms with Gasteiger partial charge in [0.1, 0.15) is 5.38 Å². The first-order valence-corrected chi connectivity index (χ1v) is 6.80. The van der Waals surface area contributed by atoms with Crippen molar-refractivity contribution in [2.45, 2.75) is 12.3 Å². The lowest BCUT2D eigenvalue weighted by Gasteiger charge is -2.35.